The maximum atomic E-state index is 12.7. The molecule has 10 heteroatoms. The van der Waals surface area contributed by atoms with Gasteiger partial charge in [0.25, 0.3) is 0 Å². The number of nitrogens with zero attached hydrogens (tertiary/aromatic N) is 3. The van der Waals surface area contributed by atoms with Crippen molar-refractivity contribution in [1.29, 1.82) is 0 Å². The van der Waals surface area contributed by atoms with Gasteiger partial charge in [0, 0.05) is 45.1 Å². The number of halogens is 1. The van der Waals surface area contributed by atoms with Crippen LogP contribution in [0.2, 0.25) is 0 Å². The molecule has 1 fully saturated rings. The van der Waals surface area contributed by atoms with Gasteiger partial charge in [0.15, 0.2) is 0 Å². The highest BCUT2D eigenvalue weighted by atomic mass is 19.1. The van der Waals surface area contributed by atoms with Crippen LogP contribution in [0, 0.1) is 5.82 Å². The number of aldehydes is 2. The van der Waals surface area contributed by atoms with Crippen LogP contribution in [-0.2, 0) is 20.9 Å². The molecule has 1 atom stereocenters. The summed E-state index contributed by atoms with van der Waals surface area (Å²) in [4.78, 5) is 29.5. The van der Waals surface area contributed by atoms with Gasteiger partial charge in [0.05, 0.1) is 25.8 Å². The number of likely N-dealkylation sites (N-methyl/N-ethyl adjacent to an activating group) is 1. The summed E-state index contributed by atoms with van der Waals surface area (Å²) in [5.41, 5.74) is 2.14. The molecule has 1 aliphatic heterocycles. The SMILES string of the molecule is CNC(C=O)COCc1ccccc1.CNc1ccc(Oc2ccc(F)cc2)cc1.O=CCN1CCN(c2ccccn2)CC1. The lowest BCUT2D eigenvalue weighted by Crippen LogP contribution is -2.47. The number of ether oxygens (including phenoxy) is 2. The summed E-state index contributed by atoms with van der Waals surface area (Å²) in [5, 5.41) is 5.87. The zero-order valence-electron chi connectivity index (χ0n) is 25.8. The zero-order chi connectivity index (χ0) is 32.1. The molecule has 0 aliphatic carbocycles. The van der Waals surface area contributed by atoms with E-state index in [2.05, 4.69) is 25.4 Å². The summed E-state index contributed by atoms with van der Waals surface area (Å²) in [7, 11) is 3.60. The largest absolute Gasteiger partial charge is 0.457 e. The highest BCUT2D eigenvalue weighted by molar-refractivity contribution is 5.57. The number of anilines is 2. The number of piperazine rings is 1. The van der Waals surface area contributed by atoms with Gasteiger partial charge >= 0.3 is 0 Å². The minimum Gasteiger partial charge on any atom is -0.457 e. The molecule has 1 unspecified atom stereocenters. The van der Waals surface area contributed by atoms with Gasteiger partial charge in [-0.05, 0) is 73.3 Å². The van der Waals surface area contributed by atoms with Gasteiger partial charge in [-0.15, -0.1) is 0 Å². The number of nitrogens with one attached hydrogen (secondary N) is 2. The molecule has 0 saturated carbocycles. The number of benzene rings is 3. The Kier molecular flexibility index (Phi) is 15.8. The quantitative estimate of drug-likeness (QED) is 0.212. The molecule has 5 rings (SSSR count). The van der Waals surface area contributed by atoms with Crippen LogP contribution in [0.4, 0.5) is 15.9 Å². The molecule has 238 valence electrons. The third kappa shape index (κ3) is 13.3. The van der Waals surface area contributed by atoms with E-state index in [9.17, 15) is 14.0 Å². The zero-order valence-corrected chi connectivity index (χ0v) is 25.8. The third-order valence-electron chi connectivity index (χ3n) is 6.81. The summed E-state index contributed by atoms with van der Waals surface area (Å²) < 4.78 is 23.6. The number of hydrogen-bond donors (Lipinski definition) is 2. The van der Waals surface area contributed by atoms with E-state index >= 15 is 0 Å². The molecule has 1 saturated heterocycles. The molecule has 2 N–H and O–H groups in total. The first-order valence-corrected chi connectivity index (χ1v) is 14.8. The fourth-order valence-corrected chi connectivity index (χ4v) is 4.20. The fraction of sp³-hybridized carbons (Fsp3) is 0.286. The number of carbonyl (C=O) groups excluding carboxylic acids is 2. The molecular weight excluding hydrogens is 573 g/mol. The first-order valence-electron chi connectivity index (χ1n) is 14.8. The molecule has 1 aromatic heterocycles. The average Bonchev–Trinajstić information content (AvgIpc) is 3.10. The van der Waals surface area contributed by atoms with Gasteiger partial charge in [0.1, 0.15) is 35.7 Å². The topological polar surface area (TPSA) is 96.0 Å². The molecule has 9 nitrogen and oxygen atoms in total. The normalized spacial score (nSPS) is 13.3. The van der Waals surface area contributed by atoms with Crippen molar-refractivity contribution in [3.05, 3.63) is 115 Å². The Balaban J connectivity index is 0.000000185. The van der Waals surface area contributed by atoms with Crippen molar-refractivity contribution in [2.24, 2.45) is 0 Å². The van der Waals surface area contributed by atoms with Crippen LogP contribution in [0.1, 0.15) is 5.56 Å². The van der Waals surface area contributed by atoms with Crippen LogP contribution in [0.3, 0.4) is 0 Å². The summed E-state index contributed by atoms with van der Waals surface area (Å²) >= 11 is 0. The maximum absolute atomic E-state index is 12.7. The van der Waals surface area contributed by atoms with Crippen molar-refractivity contribution in [2.45, 2.75) is 12.6 Å². The molecule has 3 aromatic carbocycles. The Morgan fingerprint density at radius 3 is 2.04 bits per heavy atom. The Bertz CT molecular complexity index is 1350. The van der Waals surface area contributed by atoms with E-state index < -0.39 is 0 Å². The molecular formula is C35H42FN5O4. The molecule has 0 spiro atoms. The van der Waals surface area contributed by atoms with Gasteiger partial charge in [-0.1, -0.05) is 36.4 Å². The van der Waals surface area contributed by atoms with E-state index in [1.807, 2.05) is 86.0 Å². The van der Waals surface area contributed by atoms with Gasteiger partial charge in [-0.2, -0.15) is 0 Å². The smallest absolute Gasteiger partial charge is 0.139 e. The lowest BCUT2D eigenvalue weighted by Gasteiger charge is -2.34. The molecule has 0 radical (unpaired) electrons. The summed E-state index contributed by atoms with van der Waals surface area (Å²) in [6.45, 7) is 5.29. The highest BCUT2D eigenvalue weighted by Gasteiger charge is 2.16. The van der Waals surface area contributed by atoms with Crippen LogP contribution in [0.25, 0.3) is 0 Å². The second kappa shape index (κ2) is 20.3. The van der Waals surface area contributed by atoms with E-state index in [0.29, 0.717) is 25.5 Å². The van der Waals surface area contributed by atoms with Crippen molar-refractivity contribution in [3.63, 3.8) is 0 Å². The van der Waals surface area contributed by atoms with Gasteiger partial charge in [0.2, 0.25) is 0 Å². The second-order valence-corrected chi connectivity index (χ2v) is 10.0. The van der Waals surface area contributed by atoms with Gasteiger partial charge in [-0.3, -0.25) is 4.90 Å². The second-order valence-electron chi connectivity index (χ2n) is 10.0. The molecule has 45 heavy (non-hydrogen) atoms. The minimum atomic E-state index is -0.266. The molecule has 1 aliphatic rings. The minimum absolute atomic E-state index is 0.210. The van der Waals surface area contributed by atoms with Crippen LogP contribution >= 0.6 is 0 Å². The van der Waals surface area contributed by atoms with Crippen molar-refractivity contribution in [3.8, 4) is 11.5 Å². The number of rotatable bonds is 12. The van der Waals surface area contributed by atoms with Crippen LogP contribution in [0.15, 0.2) is 103 Å². The van der Waals surface area contributed by atoms with Crippen LogP contribution in [-0.4, -0.2) is 81.9 Å². The first kappa shape index (κ1) is 34.8. The summed E-state index contributed by atoms with van der Waals surface area (Å²) in [6, 6.07) is 29.1. The Hall–Kier alpha value is -4.64. The highest BCUT2D eigenvalue weighted by Crippen LogP contribution is 2.23. The summed E-state index contributed by atoms with van der Waals surface area (Å²) in [6.07, 6.45) is 3.63. The number of carbonyl (C=O) groups is 2. The van der Waals surface area contributed by atoms with Gasteiger partial charge in [-0.25, -0.2) is 9.37 Å². The predicted molar refractivity (Wildman–Crippen MR) is 176 cm³/mol. The predicted octanol–water partition coefficient (Wildman–Crippen LogP) is 5.05. The lowest BCUT2D eigenvalue weighted by atomic mass is 10.2. The van der Waals surface area contributed by atoms with E-state index in [0.717, 1.165) is 61.6 Å². The van der Waals surface area contributed by atoms with Crippen molar-refractivity contribution < 1.29 is 23.5 Å². The van der Waals surface area contributed by atoms with E-state index in [1.54, 1.807) is 19.2 Å². The number of aromatic nitrogens is 1. The van der Waals surface area contributed by atoms with Crippen molar-refractivity contribution in [2.75, 3.05) is 63.6 Å². The first-order chi connectivity index (χ1) is 22.0. The Labute approximate surface area is 265 Å². The third-order valence-corrected chi connectivity index (χ3v) is 6.81. The number of pyridine rings is 1. The van der Waals surface area contributed by atoms with Gasteiger partial charge < -0.3 is 34.6 Å². The molecule has 2 heterocycles. The van der Waals surface area contributed by atoms with Crippen molar-refractivity contribution >= 4 is 24.1 Å². The molecule has 4 aromatic rings. The molecule has 0 amide bonds. The Morgan fingerprint density at radius 2 is 1.49 bits per heavy atom. The monoisotopic (exact) mass is 615 g/mol. The standard InChI is InChI=1S/C13H12FNO.C11H15N3O.C11H15NO2/c1-15-11-4-8-13(9-5-11)16-12-6-2-10(14)3-7-12;15-10-9-13-5-7-14(8-6-13)11-3-1-2-4-12-11;1-12-11(7-13)9-14-8-10-5-3-2-4-6-10/h2-9,15H,1H3;1-4,10H,5-9H2;2-7,11-12H,8-9H2,1H3. The van der Waals surface area contributed by atoms with Crippen LogP contribution in [0.5, 0.6) is 11.5 Å². The van der Waals surface area contributed by atoms with E-state index in [1.165, 1.54) is 12.1 Å². The molecule has 0 bridgehead atoms. The van der Waals surface area contributed by atoms with Crippen molar-refractivity contribution in [1.82, 2.24) is 15.2 Å². The maximum Gasteiger partial charge on any atom is 0.139 e. The average molecular weight is 616 g/mol. The van der Waals surface area contributed by atoms with E-state index in [4.69, 9.17) is 9.47 Å². The lowest BCUT2D eigenvalue weighted by molar-refractivity contribution is -0.111. The fourth-order valence-electron chi connectivity index (χ4n) is 4.20. The number of hydrogen-bond acceptors (Lipinski definition) is 9. The van der Waals surface area contributed by atoms with E-state index in [-0.39, 0.29) is 11.9 Å². The summed E-state index contributed by atoms with van der Waals surface area (Å²) in [5.74, 6) is 2.12. The van der Waals surface area contributed by atoms with Crippen LogP contribution < -0.4 is 20.3 Å². The Morgan fingerprint density at radius 1 is 0.844 bits per heavy atom.